The molecule has 2 aromatic heterocycles. The molecular weight excluding hydrogens is 367 g/mol. The second-order valence-electron chi connectivity index (χ2n) is 6.97. The lowest BCUT2D eigenvalue weighted by Gasteiger charge is -2.13. The van der Waals surface area contributed by atoms with Crippen molar-refractivity contribution in [3.63, 3.8) is 0 Å². The summed E-state index contributed by atoms with van der Waals surface area (Å²) in [7, 11) is 0. The van der Waals surface area contributed by atoms with Crippen molar-refractivity contribution >= 4 is 11.5 Å². The molecular formula is C23H17FN4O. The minimum atomic E-state index is -0.281. The maximum absolute atomic E-state index is 13.5. The highest BCUT2D eigenvalue weighted by Gasteiger charge is 2.24. The van der Waals surface area contributed by atoms with Gasteiger partial charge in [0.25, 0.3) is 0 Å². The Kier molecular flexibility index (Phi) is 3.98. The predicted molar refractivity (Wildman–Crippen MR) is 110 cm³/mol. The van der Waals surface area contributed by atoms with Gasteiger partial charge in [-0.25, -0.2) is 9.37 Å². The number of pyridine rings is 1. The van der Waals surface area contributed by atoms with Gasteiger partial charge in [-0.05, 0) is 60.5 Å². The normalized spacial score (nSPS) is 12.7. The minimum Gasteiger partial charge on any atom is -0.384 e. The first-order valence-electron chi connectivity index (χ1n) is 9.22. The Bertz CT molecular complexity index is 1240. The van der Waals surface area contributed by atoms with Crippen LogP contribution in [0.2, 0.25) is 0 Å². The van der Waals surface area contributed by atoms with E-state index in [9.17, 15) is 4.39 Å². The van der Waals surface area contributed by atoms with Crippen LogP contribution < -0.4 is 5.73 Å². The first kappa shape index (κ1) is 17.3. The molecule has 4 aromatic rings. The number of aliphatic imine (C=N–C) groups is 1. The van der Waals surface area contributed by atoms with E-state index in [1.165, 1.54) is 12.1 Å². The molecule has 2 N–H and O–H groups in total. The number of nitrogens with zero attached hydrogens (tertiary/aromatic N) is 3. The fourth-order valence-corrected chi connectivity index (χ4v) is 3.67. The third kappa shape index (κ3) is 2.99. The van der Waals surface area contributed by atoms with Gasteiger partial charge in [-0.15, -0.1) is 0 Å². The van der Waals surface area contributed by atoms with Gasteiger partial charge < -0.3 is 10.3 Å². The number of halogens is 1. The van der Waals surface area contributed by atoms with E-state index >= 15 is 0 Å². The fraction of sp³-hybridized carbons (Fsp3) is 0.0870. The van der Waals surface area contributed by atoms with E-state index in [2.05, 4.69) is 22.3 Å². The third-order valence-corrected chi connectivity index (χ3v) is 5.10. The summed E-state index contributed by atoms with van der Waals surface area (Å²) in [6.45, 7) is 2.29. The van der Waals surface area contributed by atoms with Crippen LogP contribution in [0.5, 0.6) is 0 Å². The van der Waals surface area contributed by atoms with E-state index in [1.807, 2.05) is 19.1 Å². The van der Waals surface area contributed by atoms with Gasteiger partial charge in [0.05, 0.1) is 17.0 Å². The number of anilines is 1. The van der Waals surface area contributed by atoms with Crippen molar-refractivity contribution < 1.29 is 8.91 Å². The van der Waals surface area contributed by atoms with Crippen molar-refractivity contribution in [3.05, 3.63) is 89.2 Å². The zero-order valence-electron chi connectivity index (χ0n) is 15.7. The first-order chi connectivity index (χ1) is 14.1. The molecule has 142 valence electrons. The molecule has 0 aliphatic carbocycles. The maximum Gasteiger partial charge on any atom is 0.166 e. The molecule has 0 atom stereocenters. The second-order valence-corrected chi connectivity index (χ2v) is 6.97. The van der Waals surface area contributed by atoms with Gasteiger partial charge in [0, 0.05) is 22.9 Å². The molecule has 3 heterocycles. The Morgan fingerprint density at radius 3 is 2.45 bits per heavy atom. The second kappa shape index (κ2) is 6.67. The van der Waals surface area contributed by atoms with Crippen LogP contribution in [0.15, 0.2) is 70.3 Å². The highest BCUT2D eigenvalue weighted by molar-refractivity contribution is 6.17. The lowest BCUT2D eigenvalue weighted by Crippen LogP contribution is -2.05. The molecule has 2 aromatic carbocycles. The molecule has 5 nitrogen and oxygen atoms in total. The Morgan fingerprint density at radius 2 is 1.69 bits per heavy atom. The number of hydrogen-bond donors (Lipinski definition) is 1. The number of nitrogens with two attached hydrogens (primary N) is 1. The molecule has 0 spiro atoms. The average molecular weight is 384 g/mol. The van der Waals surface area contributed by atoms with Gasteiger partial charge in [0.15, 0.2) is 5.76 Å². The van der Waals surface area contributed by atoms with Crippen molar-refractivity contribution in [2.75, 3.05) is 5.73 Å². The fourth-order valence-electron chi connectivity index (χ4n) is 3.67. The van der Waals surface area contributed by atoms with E-state index in [1.54, 1.807) is 24.4 Å². The van der Waals surface area contributed by atoms with Gasteiger partial charge in [0.2, 0.25) is 0 Å². The van der Waals surface area contributed by atoms with Crippen molar-refractivity contribution in [2.45, 2.75) is 13.5 Å². The molecule has 6 heteroatoms. The molecule has 5 rings (SSSR count). The SMILES string of the molecule is Cc1noc2c1-c1ccc(-c3ccc(N)nc3)cc1C(c1ccc(F)cc1)=NC2. The molecule has 0 unspecified atom stereocenters. The minimum absolute atomic E-state index is 0.281. The summed E-state index contributed by atoms with van der Waals surface area (Å²) >= 11 is 0. The van der Waals surface area contributed by atoms with E-state index < -0.39 is 0 Å². The average Bonchev–Trinajstić information content (AvgIpc) is 3.01. The Labute approximate surface area is 166 Å². The van der Waals surface area contributed by atoms with Crippen LogP contribution in [-0.2, 0) is 6.54 Å². The van der Waals surface area contributed by atoms with Crippen LogP contribution in [0.25, 0.3) is 22.3 Å². The molecule has 0 saturated carbocycles. The first-order valence-corrected chi connectivity index (χ1v) is 9.22. The summed E-state index contributed by atoms with van der Waals surface area (Å²) in [6, 6.07) is 16.3. The molecule has 0 fully saturated rings. The molecule has 1 aliphatic rings. The number of fused-ring (bicyclic) bond motifs is 3. The number of benzene rings is 2. The largest absolute Gasteiger partial charge is 0.384 e. The Balaban J connectivity index is 1.74. The predicted octanol–water partition coefficient (Wildman–Crippen LogP) is 4.78. The number of aryl methyl sites for hydroxylation is 1. The van der Waals surface area contributed by atoms with E-state index in [-0.39, 0.29) is 5.82 Å². The zero-order valence-corrected chi connectivity index (χ0v) is 15.7. The van der Waals surface area contributed by atoms with Crippen LogP contribution in [0.3, 0.4) is 0 Å². The monoisotopic (exact) mass is 384 g/mol. The van der Waals surface area contributed by atoms with Crippen LogP contribution >= 0.6 is 0 Å². The smallest absolute Gasteiger partial charge is 0.166 e. The Hall–Kier alpha value is -3.80. The third-order valence-electron chi connectivity index (χ3n) is 5.10. The maximum atomic E-state index is 13.5. The van der Waals surface area contributed by atoms with Gasteiger partial charge in [-0.2, -0.15) is 0 Å². The van der Waals surface area contributed by atoms with Crippen molar-refractivity contribution in [2.24, 2.45) is 4.99 Å². The summed E-state index contributed by atoms with van der Waals surface area (Å²) in [6.07, 6.45) is 1.75. The summed E-state index contributed by atoms with van der Waals surface area (Å²) in [5, 5.41) is 4.12. The summed E-state index contributed by atoms with van der Waals surface area (Å²) in [5.41, 5.74) is 13.0. The Morgan fingerprint density at radius 1 is 0.931 bits per heavy atom. The van der Waals surface area contributed by atoms with Gasteiger partial charge in [0.1, 0.15) is 18.2 Å². The number of nitrogen functional groups attached to an aromatic ring is 1. The molecule has 0 saturated heterocycles. The lowest BCUT2D eigenvalue weighted by atomic mass is 9.90. The molecule has 0 bridgehead atoms. The van der Waals surface area contributed by atoms with Crippen LogP contribution in [0, 0.1) is 12.7 Å². The zero-order chi connectivity index (χ0) is 20.0. The van der Waals surface area contributed by atoms with Crippen LogP contribution in [-0.4, -0.2) is 15.9 Å². The quantitative estimate of drug-likeness (QED) is 0.539. The summed E-state index contributed by atoms with van der Waals surface area (Å²) in [4.78, 5) is 8.99. The van der Waals surface area contributed by atoms with E-state index in [0.29, 0.717) is 12.4 Å². The highest BCUT2D eigenvalue weighted by atomic mass is 19.1. The van der Waals surface area contributed by atoms with Crippen molar-refractivity contribution in [1.29, 1.82) is 0 Å². The standard InChI is InChI=1S/C23H17FN4O/c1-13-22-18-8-4-15(16-5-9-21(25)26-11-16)10-19(18)23(27-12-20(22)29-28-13)14-2-6-17(24)7-3-14/h2-11H,12H2,1H3,(H2,25,26). The van der Waals surface area contributed by atoms with Crippen LogP contribution in [0.4, 0.5) is 10.2 Å². The van der Waals surface area contributed by atoms with Gasteiger partial charge >= 0.3 is 0 Å². The molecule has 1 aliphatic heterocycles. The number of rotatable bonds is 2. The lowest BCUT2D eigenvalue weighted by molar-refractivity contribution is 0.382. The van der Waals surface area contributed by atoms with Gasteiger partial charge in [-0.3, -0.25) is 4.99 Å². The number of aromatic nitrogens is 2. The van der Waals surface area contributed by atoms with Crippen molar-refractivity contribution in [1.82, 2.24) is 10.1 Å². The van der Waals surface area contributed by atoms with Crippen LogP contribution in [0.1, 0.15) is 22.6 Å². The summed E-state index contributed by atoms with van der Waals surface area (Å²) in [5.74, 6) is 0.918. The van der Waals surface area contributed by atoms with Gasteiger partial charge in [-0.1, -0.05) is 17.3 Å². The van der Waals surface area contributed by atoms with Crippen molar-refractivity contribution in [3.8, 4) is 22.3 Å². The summed E-state index contributed by atoms with van der Waals surface area (Å²) < 4.78 is 19.0. The topological polar surface area (TPSA) is 77.3 Å². The van der Waals surface area contributed by atoms with E-state index in [4.69, 9.17) is 15.2 Å². The molecule has 29 heavy (non-hydrogen) atoms. The molecule has 0 amide bonds. The number of hydrogen-bond acceptors (Lipinski definition) is 5. The molecule has 0 radical (unpaired) electrons. The highest BCUT2D eigenvalue weighted by Crippen LogP contribution is 2.37. The van der Waals surface area contributed by atoms with E-state index in [0.717, 1.165) is 50.5 Å².